The van der Waals surface area contributed by atoms with E-state index in [2.05, 4.69) is 23.5 Å². The van der Waals surface area contributed by atoms with Gasteiger partial charge in [0.05, 0.1) is 0 Å². The van der Waals surface area contributed by atoms with Gasteiger partial charge in [0, 0.05) is 50.2 Å². The highest BCUT2D eigenvalue weighted by atomic mass is 32.2. The number of sulfonamides is 1. The number of rotatable bonds is 5. The molecule has 1 saturated heterocycles. The molecule has 1 amide bonds. The standard InChI is InChI=1S/C20H29F2N3O3S/c1-14(2)24-9-11-25(12-10-24)20(26)15-3-6-17(7-4-15)23-29(27,28)19-8-5-16(21)13-18(19)22/h5,8,13-15,17,23H,3-4,6-7,9-12H2,1-2H3/t15-,17-. The smallest absolute Gasteiger partial charge is 0.243 e. The molecule has 0 bridgehead atoms. The number of amides is 1. The van der Waals surface area contributed by atoms with Gasteiger partial charge in [-0.1, -0.05) is 0 Å². The van der Waals surface area contributed by atoms with Crippen molar-refractivity contribution in [2.75, 3.05) is 26.2 Å². The lowest BCUT2D eigenvalue weighted by molar-refractivity contribution is -0.138. The molecule has 0 spiro atoms. The van der Waals surface area contributed by atoms with Crippen molar-refractivity contribution in [3.63, 3.8) is 0 Å². The van der Waals surface area contributed by atoms with Crippen LogP contribution in [0.25, 0.3) is 0 Å². The lowest BCUT2D eigenvalue weighted by Gasteiger charge is -2.39. The summed E-state index contributed by atoms with van der Waals surface area (Å²) in [6.45, 7) is 7.51. The first-order chi connectivity index (χ1) is 13.7. The van der Waals surface area contributed by atoms with Crippen molar-refractivity contribution < 1.29 is 22.0 Å². The second-order valence-corrected chi connectivity index (χ2v) is 9.88. The van der Waals surface area contributed by atoms with Crippen molar-refractivity contribution in [2.24, 2.45) is 5.92 Å². The van der Waals surface area contributed by atoms with E-state index in [4.69, 9.17) is 0 Å². The topological polar surface area (TPSA) is 69.7 Å². The predicted octanol–water partition coefficient (Wildman–Crippen LogP) is 2.35. The Kier molecular flexibility index (Phi) is 6.90. The summed E-state index contributed by atoms with van der Waals surface area (Å²) >= 11 is 0. The fourth-order valence-electron chi connectivity index (χ4n) is 4.15. The molecule has 9 heteroatoms. The molecule has 2 aliphatic rings. The summed E-state index contributed by atoms with van der Waals surface area (Å²) in [6.07, 6.45) is 2.24. The van der Waals surface area contributed by atoms with E-state index in [1.165, 1.54) is 0 Å². The molecule has 0 atom stereocenters. The number of piperazine rings is 1. The first kappa shape index (κ1) is 22.1. The number of carbonyl (C=O) groups is 1. The minimum Gasteiger partial charge on any atom is -0.340 e. The molecule has 6 nitrogen and oxygen atoms in total. The maximum Gasteiger partial charge on any atom is 0.243 e. The third kappa shape index (κ3) is 5.32. The average molecular weight is 430 g/mol. The monoisotopic (exact) mass is 429 g/mol. The van der Waals surface area contributed by atoms with Crippen molar-refractivity contribution in [2.45, 2.75) is 56.5 Å². The lowest BCUT2D eigenvalue weighted by atomic mass is 9.85. The molecule has 3 rings (SSSR count). The van der Waals surface area contributed by atoms with Gasteiger partial charge in [-0.15, -0.1) is 0 Å². The van der Waals surface area contributed by atoms with Crippen molar-refractivity contribution in [3.05, 3.63) is 29.8 Å². The Morgan fingerprint density at radius 2 is 1.69 bits per heavy atom. The molecule has 162 valence electrons. The minimum atomic E-state index is -4.07. The summed E-state index contributed by atoms with van der Waals surface area (Å²) in [4.78, 5) is 16.5. The molecule has 1 heterocycles. The molecule has 0 unspecified atom stereocenters. The molecule has 1 N–H and O–H groups in total. The van der Waals surface area contributed by atoms with Crippen LogP contribution >= 0.6 is 0 Å². The van der Waals surface area contributed by atoms with E-state index in [0.29, 0.717) is 37.8 Å². The second kappa shape index (κ2) is 9.06. The number of nitrogens with zero attached hydrogens (tertiary/aromatic N) is 2. The van der Waals surface area contributed by atoms with Crippen LogP contribution in [0.15, 0.2) is 23.1 Å². The molecule has 1 aliphatic carbocycles. The fraction of sp³-hybridized carbons (Fsp3) is 0.650. The zero-order chi connectivity index (χ0) is 21.2. The number of hydrogen-bond acceptors (Lipinski definition) is 4. The van der Waals surface area contributed by atoms with Gasteiger partial charge in [0.1, 0.15) is 16.5 Å². The quantitative estimate of drug-likeness (QED) is 0.780. The zero-order valence-corrected chi connectivity index (χ0v) is 17.7. The van der Waals surface area contributed by atoms with Crippen LogP contribution in [-0.4, -0.2) is 62.4 Å². The molecule has 1 aromatic carbocycles. The molecule has 1 saturated carbocycles. The van der Waals surface area contributed by atoms with Gasteiger partial charge in [-0.05, 0) is 51.7 Å². The van der Waals surface area contributed by atoms with Gasteiger partial charge in [0.25, 0.3) is 0 Å². The van der Waals surface area contributed by atoms with Crippen LogP contribution < -0.4 is 4.72 Å². The highest BCUT2D eigenvalue weighted by Crippen LogP contribution is 2.28. The fourth-order valence-corrected chi connectivity index (χ4v) is 5.52. The first-order valence-corrected chi connectivity index (χ1v) is 11.7. The van der Waals surface area contributed by atoms with Crippen LogP contribution in [0.4, 0.5) is 8.78 Å². The summed E-state index contributed by atoms with van der Waals surface area (Å²) in [6, 6.07) is 2.53. The molecule has 1 aliphatic heterocycles. The van der Waals surface area contributed by atoms with E-state index in [-0.39, 0.29) is 17.9 Å². The Morgan fingerprint density at radius 3 is 2.24 bits per heavy atom. The second-order valence-electron chi connectivity index (χ2n) is 8.20. The summed E-state index contributed by atoms with van der Waals surface area (Å²) in [5, 5.41) is 0. The van der Waals surface area contributed by atoms with E-state index in [1.807, 2.05) is 4.90 Å². The Bertz CT molecular complexity index is 831. The predicted molar refractivity (Wildman–Crippen MR) is 106 cm³/mol. The number of halogens is 2. The highest BCUT2D eigenvalue weighted by Gasteiger charge is 2.33. The maximum atomic E-state index is 13.8. The molecule has 1 aromatic rings. The maximum absolute atomic E-state index is 13.8. The molecule has 29 heavy (non-hydrogen) atoms. The van der Waals surface area contributed by atoms with Crippen molar-refractivity contribution in [1.82, 2.24) is 14.5 Å². The van der Waals surface area contributed by atoms with E-state index < -0.39 is 26.6 Å². The average Bonchev–Trinajstić information content (AvgIpc) is 2.67. The summed E-state index contributed by atoms with van der Waals surface area (Å²) in [5.74, 6) is -1.88. The summed E-state index contributed by atoms with van der Waals surface area (Å²) < 4.78 is 54.2. The SMILES string of the molecule is CC(C)N1CCN(C(=O)[C@H]2CC[C@H](NS(=O)(=O)c3ccc(F)cc3F)CC2)CC1. The minimum absolute atomic E-state index is 0.0936. The molecular formula is C20H29F2N3O3S. The first-order valence-electron chi connectivity index (χ1n) is 10.2. The molecule has 2 fully saturated rings. The number of hydrogen-bond donors (Lipinski definition) is 1. The van der Waals surface area contributed by atoms with Crippen LogP contribution in [0.2, 0.25) is 0 Å². The van der Waals surface area contributed by atoms with E-state index in [1.54, 1.807) is 0 Å². The highest BCUT2D eigenvalue weighted by molar-refractivity contribution is 7.89. The van der Waals surface area contributed by atoms with Gasteiger partial charge in [-0.25, -0.2) is 21.9 Å². The van der Waals surface area contributed by atoms with Crippen LogP contribution in [0.3, 0.4) is 0 Å². The van der Waals surface area contributed by atoms with Gasteiger partial charge in [-0.3, -0.25) is 9.69 Å². The van der Waals surface area contributed by atoms with Gasteiger partial charge < -0.3 is 4.90 Å². The third-order valence-electron chi connectivity index (χ3n) is 5.94. The van der Waals surface area contributed by atoms with Crippen molar-refractivity contribution in [1.29, 1.82) is 0 Å². The van der Waals surface area contributed by atoms with Crippen LogP contribution in [0, 0.1) is 17.6 Å². The normalized spacial score (nSPS) is 24.1. The van der Waals surface area contributed by atoms with Crippen LogP contribution in [0.5, 0.6) is 0 Å². The van der Waals surface area contributed by atoms with E-state index in [0.717, 1.165) is 38.3 Å². The third-order valence-corrected chi connectivity index (χ3v) is 7.49. The summed E-state index contributed by atoms with van der Waals surface area (Å²) in [7, 11) is -4.07. The Labute approximate surface area is 171 Å². The van der Waals surface area contributed by atoms with E-state index in [9.17, 15) is 22.0 Å². The van der Waals surface area contributed by atoms with Crippen LogP contribution in [0.1, 0.15) is 39.5 Å². The number of nitrogens with one attached hydrogen (secondary N) is 1. The number of carbonyl (C=O) groups excluding carboxylic acids is 1. The largest absolute Gasteiger partial charge is 0.340 e. The van der Waals surface area contributed by atoms with Gasteiger partial charge in [0.2, 0.25) is 15.9 Å². The Morgan fingerprint density at radius 1 is 1.07 bits per heavy atom. The number of benzene rings is 1. The molecular weight excluding hydrogens is 400 g/mol. The zero-order valence-electron chi connectivity index (χ0n) is 16.9. The van der Waals surface area contributed by atoms with Crippen molar-refractivity contribution in [3.8, 4) is 0 Å². The Balaban J connectivity index is 1.52. The van der Waals surface area contributed by atoms with Gasteiger partial charge in [-0.2, -0.15) is 0 Å². The lowest BCUT2D eigenvalue weighted by Crippen LogP contribution is -2.52. The summed E-state index contributed by atoms with van der Waals surface area (Å²) in [5.41, 5.74) is 0. The Hall–Kier alpha value is -1.58. The van der Waals surface area contributed by atoms with E-state index >= 15 is 0 Å². The van der Waals surface area contributed by atoms with Crippen LogP contribution in [-0.2, 0) is 14.8 Å². The van der Waals surface area contributed by atoms with Gasteiger partial charge >= 0.3 is 0 Å². The van der Waals surface area contributed by atoms with Gasteiger partial charge in [0.15, 0.2) is 0 Å². The molecule has 0 radical (unpaired) electrons. The van der Waals surface area contributed by atoms with Crippen molar-refractivity contribution >= 4 is 15.9 Å². The molecule has 0 aromatic heterocycles.